The predicted octanol–water partition coefficient (Wildman–Crippen LogP) is 2.52. The number of benzene rings is 2. The van der Waals surface area contributed by atoms with E-state index in [0.717, 1.165) is 11.3 Å². The van der Waals surface area contributed by atoms with Gasteiger partial charge in [0.2, 0.25) is 5.91 Å². The number of H-pyrrole nitrogens is 1. The zero-order chi connectivity index (χ0) is 18.8. The lowest BCUT2D eigenvalue weighted by Crippen LogP contribution is -2.41. The molecule has 1 unspecified atom stereocenters. The molecule has 1 N–H and O–H groups in total. The molecule has 1 aliphatic rings. The molecule has 1 amide bonds. The molecule has 0 radical (unpaired) electrons. The summed E-state index contributed by atoms with van der Waals surface area (Å²) in [5.74, 6) is 1.13. The number of nitrogens with zero attached hydrogens (tertiary/aromatic N) is 2. The van der Waals surface area contributed by atoms with E-state index in [0.29, 0.717) is 36.3 Å². The van der Waals surface area contributed by atoms with Crippen LogP contribution >= 0.6 is 0 Å². The second-order valence-electron chi connectivity index (χ2n) is 6.70. The van der Waals surface area contributed by atoms with Gasteiger partial charge in [-0.25, -0.2) is 4.98 Å². The van der Waals surface area contributed by atoms with Crippen molar-refractivity contribution in [1.29, 1.82) is 0 Å². The fourth-order valence-corrected chi connectivity index (χ4v) is 3.48. The Kier molecular flexibility index (Phi) is 4.62. The van der Waals surface area contributed by atoms with Crippen molar-refractivity contribution < 1.29 is 9.53 Å². The monoisotopic (exact) mass is 363 g/mol. The van der Waals surface area contributed by atoms with Crippen LogP contribution in [0.4, 0.5) is 0 Å². The lowest BCUT2D eigenvalue weighted by Gasteiger charge is -2.29. The third kappa shape index (κ3) is 3.43. The van der Waals surface area contributed by atoms with Crippen molar-refractivity contribution in [1.82, 2.24) is 14.9 Å². The highest BCUT2D eigenvalue weighted by Crippen LogP contribution is 2.27. The van der Waals surface area contributed by atoms with Gasteiger partial charge < -0.3 is 14.6 Å². The zero-order valence-electron chi connectivity index (χ0n) is 15.1. The maximum absolute atomic E-state index is 13.0. The number of aromatic nitrogens is 2. The van der Waals surface area contributed by atoms with E-state index in [-0.39, 0.29) is 23.9 Å². The van der Waals surface area contributed by atoms with Crippen molar-refractivity contribution in [2.75, 3.05) is 13.2 Å². The summed E-state index contributed by atoms with van der Waals surface area (Å²) in [5.41, 5.74) is 1.50. The fraction of sp³-hybridized carbons (Fsp3) is 0.286. The summed E-state index contributed by atoms with van der Waals surface area (Å²) in [7, 11) is 0. The predicted molar refractivity (Wildman–Crippen MR) is 103 cm³/mol. The van der Waals surface area contributed by atoms with Crippen LogP contribution in [0, 0.1) is 5.92 Å². The van der Waals surface area contributed by atoms with Gasteiger partial charge >= 0.3 is 0 Å². The van der Waals surface area contributed by atoms with E-state index in [1.54, 1.807) is 17.0 Å². The van der Waals surface area contributed by atoms with Gasteiger partial charge in [0.05, 0.1) is 23.4 Å². The smallest absolute Gasteiger partial charge is 0.258 e. The maximum atomic E-state index is 13.0. The summed E-state index contributed by atoms with van der Waals surface area (Å²) in [6, 6.07) is 15.0. The van der Waals surface area contributed by atoms with Crippen molar-refractivity contribution in [2.45, 2.75) is 19.9 Å². The zero-order valence-corrected chi connectivity index (χ0v) is 15.1. The van der Waals surface area contributed by atoms with E-state index < -0.39 is 0 Å². The van der Waals surface area contributed by atoms with E-state index >= 15 is 0 Å². The summed E-state index contributed by atoms with van der Waals surface area (Å²) in [6.07, 6.45) is 0.660. The SMILES string of the molecule is CCN(Cc1nc2ccccc2c(=O)[nH]1)C(=O)C1COc2ccccc2C1. The Morgan fingerprint density at radius 3 is 2.85 bits per heavy atom. The van der Waals surface area contributed by atoms with E-state index in [1.807, 2.05) is 43.3 Å². The highest BCUT2D eigenvalue weighted by molar-refractivity contribution is 5.80. The molecule has 6 heteroatoms. The van der Waals surface area contributed by atoms with Crippen LogP contribution < -0.4 is 10.3 Å². The fourth-order valence-electron chi connectivity index (χ4n) is 3.48. The number of carbonyl (C=O) groups excluding carboxylic acids is 1. The Bertz CT molecular complexity index is 1040. The van der Waals surface area contributed by atoms with Crippen LogP contribution in [0.5, 0.6) is 5.75 Å². The van der Waals surface area contributed by atoms with Crippen LogP contribution in [0.1, 0.15) is 18.3 Å². The van der Waals surface area contributed by atoms with Gasteiger partial charge in [-0.05, 0) is 37.1 Å². The highest BCUT2D eigenvalue weighted by Gasteiger charge is 2.29. The van der Waals surface area contributed by atoms with Crippen LogP contribution in [0.3, 0.4) is 0 Å². The van der Waals surface area contributed by atoms with Gasteiger partial charge in [-0.1, -0.05) is 30.3 Å². The van der Waals surface area contributed by atoms with Gasteiger partial charge in [0, 0.05) is 6.54 Å². The van der Waals surface area contributed by atoms with Gasteiger partial charge in [-0.3, -0.25) is 9.59 Å². The third-order valence-corrected chi connectivity index (χ3v) is 4.92. The molecule has 0 fully saturated rings. The first kappa shape index (κ1) is 17.3. The van der Waals surface area contributed by atoms with Crippen LogP contribution in [0.15, 0.2) is 53.3 Å². The number of nitrogens with one attached hydrogen (secondary N) is 1. The molecule has 0 saturated heterocycles. The molecule has 0 saturated carbocycles. The Morgan fingerprint density at radius 1 is 1.22 bits per heavy atom. The van der Waals surface area contributed by atoms with Gasteiger partial charge in [-0.15, -0.1) is 0 Å². The Hall–Kier alpha value is -3.15. The summed E-state index contributed by atoms with van der Waals surface area (Å²) in [4.78, 5) is 34.3. The number of aromatic amines is 1. The van der Waals surface area contributed by atoms with Crippen molar-refractivity contribution in [3.05, 3.63) is 70.3 Å². The van der Waals surface area contributed by atoms with Crippen LogP contribution in [0.2, 0.25) is 0 Å². The number of ether oxygens (including phenoxy) is 1. The van der Waals surface area contributed by atoms with Crippen LogP contribution in [0.25, 0.3) is 10.9 Å². The molecule has 27 heavy (non-hydrogen) atoms. The minimum Gasteiger partial charge on any atom is -0.492 e. The molecule has 1 aromatic heterocycles. The molecule has 1 aliphatic heterocycles. The summed E-state index contributed by atoms with van der Waals surface area (Å²) >= 11 is 0. The van der Waals surface area contributed by atoms with E-state index in [9.17, 15) is 9.59 Å². The maximum Gasteiger partial charge on any atom is 0.258 e. The Labute approximate surface area is 156 Å². The second kappa shape index (κ2) is 7.23. The molecular formula is C21H21N3O3. The van der Waals surface area contributed by atoms with Crippen LogP contribution in [-0.2, 0) is 17.8 Å². The summed E-state index contributed by atoms with van der Waals surface area (Å²) in [6.45, 7) is 3.10. The molecule has 3 aromatic rings. The molecular weight excluding hydrogens is 342 g/mol. The quantitative estimate of drug-likeness (QED) is 0.773. The molecule has 4 rings (SSSR count). The van der Waals surface area contributed by atoms with Gasteiger partial charge in [0.15, 0.2) is 0 Å². The molecule has 1 atom stereocenters. The van der Waals surface area contributed by atoms with Crippen molar-refractivity contribution in [3.8, 4) is 5.75 Å². The van der Waals surface area contributed by atoms with E-state index in [1.165, 1.54) is 0 Å². The normalized spacial score (nSPS) is 15.8. The van der Waals surface area contributed by atoms with E-state index in [4.69, 9.17) is 4.74 Å². The molecule has 2 aromatic carbocycles. The number of hydrogen-bond acceptors (Lipinski definition) is 4. The highest BCUT2D eigenvalue weighted by atomic mass is 16.5. The number of para-hydroxylation sites is 2. The Balaban J connectivity index is 1.54. The largest absolute Gasteiger partial charge is 0.492 e. The first-order valence-corrected chi connectivity index (χ1v) is 9.13. The number of hydrogen-bond donors (Lipinski definition) is 1. The number of carbonyl (C=O) groups is 1. The molecule has 0 spiro atoms. The average molecular weight is 363 g/mol. The van der Waals surface area contributed by atoms with Gasteiger partial charge in [-0.2, -0.15) is 0 Å². The third-order valence-electron chi connectivity index (χ3n) is 4.92. The average Bonchev–Trinajstić information content (AvgIpc) is 2.71. The lowest BCUT2D eigenvalue weighted by molar-refractivity contribution is -0.137. The van der Waals surface area contributed by atoms with E-state index in [2.05, 4.69) is 9.97 Å². The molecule has 0 bridgehead atoms. The number of amides is 1. The second-order valence-corrected chi connectivity index (χ2v) is 6.70. The number of rotatable bonds is 4. The minimum atomic E-state index is -0.230. The minimum absolute atomic E-state index is 0.0165. The van der Waals surface area contributed by atoms with Crippen molar-refractivity contribution >= 4 is 16.8 Å². The lowest BCUT2D eigenvalue weighted by atomic mass is 9.95. The Morgan fingerprint density at radius 2 is 2.00 bits per heavy atom. The molecule has 6 nitrogen and oxygen atoms in total. The van der Waals surface area contributed by atoms with Crippen molar-refractivity contribution in [3.63, 3.8) is 0 Å². The molecule has 138 valence electrons. The molecule has 2 heterocycles. The standard InChI is InChI=1S/C21H21N3O3/c1-2-24(12-19-22-17-9-5-4-8-16(17)20(25)23-19)21(26)15-11-14-7-3-6-10-18(14)27-13-15/h3-10,15H,2,11-13H2,1H3,(H,22,23,25). The van der Waals surface area contributed by atoms with Gasteiger partial charge in [0.1, 0.15) is 18.2 Å². The van der Waals surface area contributed by atoms with Gasteiger partial charge in [0.25, 0.3) is 5.56 Å². The topological polar surface area (TPSA) is 75.3 Å². The summed E-state index contributed by atoms with van der Waals surface area (Å²) < 4.78 is 5.76. The van der Waals surface area contributed by atoms with Crippen molar-refractivity contribution in [2.24, 2.45) is 5.92 Å². The first-order valence-electron chi connectivity index (χ1n) is 9.13. The first-order chi connectivity index (χ1) is 13.2. The van der Waals surface area contributed by atoms with Crippen LogP contribution in [-0.4, -0.2) is 33.9 Å². The molecule has 0 aliphatic carbocycles. The summed E-state index contributed by atoms with van der Waals surface area (Å²) in [5, 5.41) is 0.549. The number of fused-ring (bicyclic) bond motifs is 2.